The van der Waals surface area contributed by atoms with Crippen molar-refractivity contribution in [1.82, 2.24) is 0 Å². The van der Waals surface area contributed by atoms with E-state index in [1.165, 1.54) is 6.08 Å². The summed E-state index contributed by atoms with van der Waals surface area (Å²) in [5, 5.41) is -0.409. The summed E-state index contributed by atoms with van der Waals surface area (Å²) in [6.07, 6.45) is 2.98. The molecule has 0 amide bonds. The summed E-state index contributed by atoms with van der Waals surface area (Å²) >= 11 is 5.32. The van der Waals surface area contributed by atoms with Gasteiger partial charge in [-0.1, -0.05) is 32.9 Å². The summed E-state index contributed by atoms with van der Waals surface area (Å²) in [5.74, 6) is 1.39. The van der Waals surface area contributed by atoms with Crippen molar-refractivity contribution in [1.29, 1.82) is 0 Å². The van der Waals surface area contributed by atoms with Crippen LogP contribution in [0.3, 0.4) is 0 Å². The molecule has 0 atom stereocenters. The Hall–Kier alpha value is -1.26. The molecule has 0 saturated heterocycles. The normalized spacial score (nSPS) is 12.5. The predicted molar refractivity (Wildman–Crippen MR) is 90.7 cm³/mol. The Morgan fingerprint density at radius 3 is 2.33 bits per heavy atom. The molecule has 1 aromatic rings. The third-order valence-corrected chi connectivity index (χ3v) is 8.23. The molecular weight excluding hydrogens is 304 g/mol. The average molecular weight is 327 g/mol. The quantitative estimate of drug-likeness (QED) is 0.440. The molecule has 0 N–H and O–H groups in total. The van der Waals surface area contributed by atoms with E-state index in [9.17, 15) is 4.79 Å². The van der Waals surface area contributed by atoms with E-state index < -0.39 is 13.6 Å². The van der Waals surface area contributed by atoms with Gasteiger partial charge >= 0.3 is 0 Å². The fourth-order valence-corrected chi connectivity index (χ4v) is 2.54. The summed E-state index contributed by atoms with van der Waals surface area (Å²) in [6, 6.07) is 5.56. The monoisotopic (exact) mass is 326 g/mol. The molecule has 1 aromatic carbocycles. The van der Waals surface area contributed by atoms with Crippen molar-refractivity contribution in [2.24, 2.45) is 0 Å². The van der Waals surface area contributed by atoms with E-state index in [2.05, 4.69) is 33.9 Å². The van der Waals surface area contributed by atoms with Crippen LogP contribution in [-0.2, 0) is 4.79 Å². The van der Waals surface area contributed by atoms with Crippen molar-refractivity contribution in [3.63, 3.8) is 0 Å². The van der Waals surface area contributed by atoms with Gasteiger partial charge in [0, 0.05) is 0 Å². The zero-order valence-corrected chi connectivity index (χ0v) is 15.2. The van der Waals surface area contributed by atoms with Gasteiger partial charge < -0.3 is 9.16 Å². The maximum atomic E-state index is 10.8. The number of ether oxygens (including phenoxy) is 1. The Balaban J connectivity index is 3.15. The third kappa shape index (κ3) is 4.90. The van der Waals surface area contributed by atoms with Gasteiger partial charge in [-0.25, -0.2) is 0 Å². The van der Waals surface area contributed by atoms with Gasteiger partial charge in [-0.05, 0) is 53.5 Å². The minimum Gasteiger partial charge on any atom is -0.541 e. The first-order valence-electron chi connectivity index (χ1n) is 6.81. The van der Waals surface area contributed by atoms with Gasteiger partial charge in [0.1, 0.15) is 5.75 Å². The Kier molecular flexibility index (Phi) is 5.65. The van der Waals surface area contributed by atoms with E-state index >= 15 is 0 Å². The summed E-state index contributed by atoms with van der Waals surface area (Å²) < 4.78 is 11.7. The number of hydrogen-bond acceptors (Lipinski definition) is 3. The van der Waals surface area contributed by atoms with Gasteiger partial charge in [-0.2, -0.15) is 0 Å². The van der Waals surface area contributed by atoms with E-state index in [-0.39, 0.29) is 5.04 Å². The molecule has 5 heteroatoms. The van der Waals surface area contributed by atoms with E-state index in [1.807, 2.05) is 18.2 Å². The van der Waals surface area contributed by atoms with E-state index in [0.717, 1.165) is 5.56 Å². The number of allylic oxidation sites excluding steroid dienone is 1. The second-order valence-corrected chi connectivity index (χ2v) is 11.5. The molecular formula is C16H23ClO3Si. The fourth-order valence-electron chi connectivity index (χ4n) is 1.47. The lowest BCUT2D eigenvalue weighted by Gasteiger charge is -2.36. The van der Waals surface area contributed by atoms with E-state index in [1.54, 1.807) is 13.2 Å². The molecule has 0 aliphatic rings. The van der Waals surface area contributed by atoms with Crippen molar-refractivity contribution < 1.29 is 14.0 Å². The maximum absolute atomic E-state index is 10.8. The number of carbonyl (C=O) groups excluding carboxylic acids is 1. The van der Waals surface area contributed by atoms with Gasteiger partial charge in [0.25, 0.3) is 8.32 Å². The molecule has 1 rings (SSSR count). The molecule has 0 spiro atoms. The van der Waals surface area contributed by atoms with Crippen LogP contribution in [-0.4, -0.2) is 20.7 Å². The Morgan fingerprint density at radius 2 is 1.86 bits per heavy atom. The summed E-state index contributed by atoms with van der Waals surface area (Å²) in [5.41, 5.74) is 0.846. The highest BCUT2D eigenvalue weighted by Gasteiger charge is 2.39. The Bertz CT molecular complexity index is 545. The summed E-state index contributed by atoms with van der Waals surface area (Å²) in [7, 11) is -0.341. The molecule has 0 unspecified atom stereocenters. The van der Waals surface area contributed by atoms with Gasteiger partial charge in [0.15, 0.2) is 5.75 Å². The van der Waals surface area contributed by atoms with Crippen LogP contribution < -0.4 is 9.16 Å². The second kappa shape index (κ2) is 6.67. The first-order chi connectivity index (χ1) is 9.56. The minimum atomic E-state index is -1.96. The molecule has 0 radical (unpaired) electrons. The highest BCUT2D eigenvalue weighted by Crippen LogP contribution is 2.40. The third-order valence-electron chi connectivity index (χ3n) is 3.77. The highest BCUT2D eigenvalue weighted by molar-refractivity contribution is 6.74. The van der Waals surface area contributed by atoms with Gasteiger partial charge in [-0.15, -0.1) is 0 Å². The topological polar surface area (TPSA) is 35.5 Å². The average Bonchev–Trinajstić information content (AvgIpc) is 2.34. The number of carbonyl (C=O) groups is 1. The second-order valence-electron chi connectivity index (χ2n) is 6.41. The molecule has 0 heterocycles. The Morgan fingerprint density at radius 1 is 1.24 bits per heavy atom. The minimum absolute atomic E-state index is 0.0932. The van der Waals surface area contributed by atoms with Crippen LogP contribution in [0, 0.1) is 0 Å². The number of hydrogen-bond donors (Lipinski definition) is 0. The number of rotatable bonds is 5. The van der Waals surface area contributed by atoms with Crippen LogP contribution in [0.4, 0.5) is 0 Å². The maximum Gasteiger partial charge on any atom is 0.250 e. The number of benzene rings is 1. The van der Waals surface area contributed by atoms with Crippen LogP contribution in [0.25, 0.3) is 6.08 Å². The van der Waals surface area contributed by atoms with E-state index in [4.69, 9.17) is 20.8 Å². The first-order valence-corrected chi connectivity index (χ1v) is 10.1. The zero-order chi connectivity index (χ0) is 16.3. The molecule has 3 nitrogen and oxygen atoms in total. The molecule has 0 aromatic heterocycles. The van der Waals surface area contributed by atoms with Crippen LogP contribution in [0.5, 0.6) is 11.5 Å². The van der Waals surface area contributed by atoms with E-state index in [0.29, 0.717) is 11.5 Å². The highest BCUT2D eigenvalue weighted by atomic mass is 35.5. The number of halogens is 1. The van der Waals surface area contributed by atoms with Crippen molar-refractivity contribution in [3.8, 4) is 11.5 Å². The number of methoxy groups -OCH3 is 1. The lowest BCUT2D eigenvalue weighted by atomic mass is 10.2. The molecule has 0 aliphatic heterocycles. The van der Waals surface area contributed by atoms with Crippen molar-refractivity contribution >= 4 is 31.2 Å². The molecule has 0 saturated carbocycles. The van der Waals surface area contributed by atoms with Crippen molar-refractivity contribution in [3.05, 3.63) is 29.8 Å². The smallest absolute Gasteiger partial charge is 0.250 e. The van der Waals surface area contributed by atoms with Crippen LogP contribution in [0.15, 0.2) is 24.3 Å². The van der Waals surface area contributed by atoms with Crippen LogP contribution in [0.1, 0.15) is 26.3 Å². The van der Waals surface area contributed by atoms with Gasteiger partial charge in [0.05, 0.1) is 7.11 Å². The molecule has 0 fully saturated rings. The Labute approximate surface area is 133 Å². The summed E-state index contributed by atoms with van der Waals surface area (Å²) in [4.78, 5) is 10.8. The van der Waals surface area contributed by atoms with Crippen LogP contribution in [0.2, 0.25) is 18.1 Å². The fraction of sp³-hybridized carbons (Fsp3) is 0.438. The summed E-state index contributed by atoms with van der Waals surface area (Å²) in [6.45, 7) is 10.9. The SMILES string of the molecule is COc1ccc(/C=C/C(=O)Cl)cc1O[Si](C)(C)C(C)(C)C. The standard InChI is InChI=1S/C16H23ClO3Si/c1-16(2,3)21(5,6)20-14-11-12(8-10-15(17)18)7-9-13(14)19-4/h7-11H,1-6H3/b10-8+. The molecule has 0 bridgehead atoms. The van der Waals surface area contributed by atoms with Gasteiger partial charge in [-0.3, -0.25) is 4.79 Å². The molecule has 0 aliphatic carbocycles. The predicted octanol–water partition coefficient (Wildman–Crippen LogP) is 4.86. The van der Waals surface area contributed by atoms with Crippen molar-refractivity contribution in [2.45, 2.75) is 38.9 Å². The lowest BCUT2D eigenvalue weighted by Crippen LogP contribution is -2.43. The molecule has 21 heavy (non-hydrogen) atoms. The zero-order valence-electron chi connectivity index (χ0n) is 13.5. The lowest BCUT2D eigenvalue weighted by molar-refractivity contribution is -0.107. The van der Waals surface area contributed by atoms with Crippen LogP contribution >= 0.6 is 11.6 Å². The largest absolute Gasteiger partial charge is 0.541 e. The molecule has 116 valence electrons. The van der Waals surface area contributed by atoms with Gasteiger partial charge in [0.2, 0.25) is 5.24 Å². The van der Waals surface area contributed by atoms with Crippen molar-refractivity contribution in [2.75, 3.05) is 7.11 Å². The first kappa shape index (κ1) is 17.8.